The quantitative estimate of drug-likeness (QED) is 0.269. The summed E-state index contributed by atoms with van der Waals surface area (Å²) in [5.41, 5.74) is 17.9. The number of allylic oxidation sites excluding steroid dienone is 4. The summed E-state index contributed by atoms with van der Waals surface area (Å²) < 4.78 is 0. The van der Waals surface area contributed by atoms with E-state index in [0.29, 0.717) is 10.0 Å². The third-order valence-electron chi connectivity index (χ3n) is 9.07. The van der Waals surface area contributed by atoms with E-state index in [2.05, 4.69) is 77.5 Å². The molecule has 2 aliphatic rings. The summed E-state index contributed by atoms with van der Waals surface area (Å²) >= 11 is 14.7. The Bertz CT molecular complexity index is 1780. The number of aryl methyl sites for hydroxylation is 3. The van der Waals surface area contributed by atoms with Crippen molar-refractivity contribution in [2.24, 2.45) is 0 Å². The SMILES string of the molecule is CCC1=C(CC)c2nc1c(CC)c1nc(c(Cl)c3[nH]c(cc4cc(CC)c([nH]4)c2Cl)c(CC)c3CC)C(CC)=C1CC. The average Bonchev–Trinajstić information content (AvgIpc) is 3.77. The Hall–Kier alpha value is -2.82. The molecule has 5 rings (SSSR count). The zero-order valence-electron chi connectivity index (χ0n) is 26.5. The van der Waals surface area contributed by atoms with E-state index in [1.54, 1.807) is 0 Å². The smallest absolute Gasteiger partial charge is 0.0903 e. The molecule has 3 aromatic heterocycles. The molecule has 5 heterocycles. The van der Waals surface area contributed by atoms with Crippen LogP contribution in [0.4, 0.5) is 0 Å². The predicted molar refractivity (Wildman–Crippen MR) is 183 cm³/mol. The van der Waals surface area contributed by atoms with Gasteiger partial charge in [-0.05, 0) is 102 Å². The molecule has 0 amide bonds. The Morgan fingerprint density at radius 3 is 1.43 bits per heavy atom. The van der Waals surface area contributed by atoms with Crippen molar-refractivity contribution < 1.29 is 0 Å². The van der Waals surface area contributed by atoms with Gasteiger partial charge in [0, 0.05) is 16.6 Å². The van der Waals surface area contributed by atoms with Gasteiger partial charge in [-0.2, -0.15) is 0 Å². The van der Waals surface area contributed by atoms with Gasteiger partial charge in [0.15, 0.2) is 0 Å². The summed E-state index contributed by atoms with van der Waals surface area (Å²) in [7, 11) is 0. The third-order valence-corrected chi connectivity index (χ3v) is 9.81. The van der Waals surface area contributed by atoms with Gasteiger partial charge in [0.05, 0.1) is 43.9 Å². The minimum atomic E-state index is 0.696. The van der Waals surface area contributed by atoms with Gasteiger partial charge < -0.3 is 9.97 Å². The number of H-pyrrole nitrogens is 2. The molecule has 0 unspecified atom stereocenters. The highest BCUT2D eigenvalue weighted by molar-refractivity contribution is 6.36. The van der Waals surface area contributed by atoms with Crippen LogP contribution in [0.25, 0.3) is 44.4 Å². The fourth-order valence-corrected chi connectivity index (χ4v) is 7.71. The highest BCUT2D eigenvalue weighted by atomic mass is 35.5. The van der Waals surface area contributed by atoms with Crippen molar-refractivity contribution in [3.8, 4) is 0 Å². The molecule has 0 saturated carbocycles. The molecular weight excluding hydrogens is 559 g/mol. The van der Waals surface area contributed by atoms with Crippen molar-refractivity contribution in [3.63, 3.8) is 0 Å². The summed E-state index contributed by atoms with van der Waals surface area (Å²) in [5.74, 6) is 0. The number of halogens is 2. The van der Waals surface area contributed by atoms with Crippen LogP contribution in [0, 0.1) is 0 Å². The van der Waals surface area contributed by atoms with Gasteiger partial charge in [-0.3, -0.25) is 0 Å². The van der Waals surface area contributed by atoms with Crippen molar-refractivity contribution in [2.45, 2.75) is 107 Å². The van der Waals surface area contributed by atoms with Gasteiger partial charge in [0.25, 0.3) is 0 Å². The van der Waals surface area contributed by atoms with E-state index in [9.17, 15) is 0 Å². The van der Waals surface area contributed by atoms with Crippen molar-refractivity contribution >= 4 is 67.6 Å². The summed E-state index contributed by atoms with van der Waals surface area (Å²) in [5, 5.41) is 1.40. The molecule has 3 aromatic rings. The molecule has 0 aromatic carbocycles. The first-order chi connectivity index (χ1) is 20.3. The molecule has 2 N–H and O–H groups in total. The molecule has 0 saturated heterocycles. The number of aromatic nitrogens is 4. The van der Waals surface area contributed by atoms with E-state index in [-0.39, 0.29) is 0 Å². The van der Waals surface area contributed by atoms with Crippen LogP contribution in [-0.2, 0) is 25.7 Å². The molecule has 222 valence electrons. The number of nitrogens with zero attached hydrogens (tertiary/aromatic N) is 2. The van der Waals surface area contributed by atoms with Crippen LogP contribution in [0.5, 0.6) is 0 Å². The van der Waals surface area contributed by atoms with Gasteiger partial charge >= 0.3 is 0 Å². The van der Waals surface area contributed by atoms with E-state index in [1.807, 2.05) is 0 Å². The molecule has 0 aliphatic carbocycles. The summed E-state index contributed by atoms with van der Waals surface area (Å²) in [6, 6.07) is 4.43. The Morgan fingerprint density at radius 1 is 0.500 bits per heavy atom. The number of rotatable bonds is 8. The van der Waals surface area contributed by atoms with Crippen LogP contribution in [0.3, 0.4) is 0 Å². The van der Waals surface area contributed by atoms with Crippen molar-refractivity contribution in [3.05, 3.63) is 67.2 Å². The number of hydrogen-bond donors (Lipinski definition) is 2. The second-order valence-corrected chi connectivity index (χ2v) is 11.9. The maximum atomic E-state index is 7.40. The first kappa shape index (κ1) is 30.6. The lowest BCUT2D eigenvalue weighted by molar-refractivity contribution is 1.05. The first-order valence-electron chi connectivity index (χ1n) is 15.9. The maximum absolute atomic E-state index is 7.40. The van der Waals surface area contributed by atoms with Crippen LogP contribution in [0.15, 0.2) is 12.1 Å². The first-order valence-corrected chi connectivity index (χ1v) is 16.7. The Balaban J connectivity index is 2.13. The fraction of sp³-hybridized carbons (Fsp3) is 0.444. The topological polar surface area (TPSA) is 57.4 Å². The van der Waals surface area contributed by atoms with E-state index in [0.717, 1.165) is 96.2 Å². The minimum Gasteiger partial charge on any atom is -0.354 e. The van der Waals surface area contributed by atoms with Crippen LogP contribution in [0.2, 0.25) is 10.0 Å². The maximum Gasteiger partial charge on any atom is 0.0903 e. The van der Waals surface area contributed by atoms with Crippen molar-refractivity contribution in [1.29, 1.82) is 0 Å². The lowest BCUT2D eigenvalue weighted by Crippen LogP contribution is -1.97. The van der Waals surface area contributed by atoms with Gasteiger partial charge in [-0.1, -0.05) is 78.6 Å². The minimum absolute atomic E-state index is 0.696. The summed E-state index contributed by atoms with van der Waals surface area (Å²) in [4.78, 5) is 18.1. The highest BCUT2D eigenvalue weighted by Gasteiger charge is 2.28. The molecule has 42 heavy (non-hydrogen) atoms. The second kappa shape index (κ2) is 12.4. The predicted octanol–water partition coefficient (Wildman–Crippen LogP) is 11.3. The second-order valence-electron chi connectivity index (χ2n) is 11.1. The lowest BCUT2D eigenvalue weighted by Gasteiger charge is -2.10. The van der Waals surface area contributed by atoms with E-state index < -0.39 is 0 Å². The molecule has 0 fully saturated rings. The van der Waals surface area contributed by atoms with Gasteiger partial charge in [0.1, 0.15) is 0 Å². The molecule has 0 radical (unpaired) electrons. The molecular formula is C36H44Cl2N4. The fourth-order valence-electron chi connectivity index (χ4n) is 7.07. The van der Waals surface area contributed by atoms with Gasteiger partial charge in [-0.25, -0.2) is 9.97 Å². The Labute approximate surface area is 260 Å². The molecule has 0 spiro atoms. The summed E-state index contributed by atoms with van der Waals surface area (Å²) in [6.45, 7) is 17.7. The number of nitrogens with one attached hydrogen (secondary N) is 2. The van der Waals surface area contributed by atoms with E-state index in [4.69, 9.17) is 33.2 Å². The zero-order valence-corrected chi connectivity index (χ0v) is 28.0. The Kier molecular flexibility index (Phi) is 9.06. The molecule has 8 bridgehead atoms. The standard InChI is InChI=1S/C36H44Cl2N4/c1-9-19-17-20-18-28-21(10-2)22(11-3)34(40-28)30(38)36-26(15-7)24(13-5)33(42-36)27(16-8)32-23(12-4)25(14-6)35(41-32)29(37)31(19)39-20/h17-18,39-40H,9-16H2,1-8H3. The zero-order chi connectivity index (χ0) is 30.3. The Morgan fingerprint density at radius 2 is 0.976 bits per heavy atom. The molecule has 0 atom stereocenters. The van der Waals surface area contributed by atoms with E-state index in [1.165, 1.54) is 44.5 Å². The van der Waals surface area contributed by atoms with Crippen LogP contribution < -0.4 is 0 Å². The van der Waals surface area contributed by atoms with Crippen LogP contribution >= 0.6 is 23.2 Å². The summed E-state index contributed by atoms with van der Waals surface area (Å²) in [6.07, 6.45) is 6.99. The molecule has 4 nitrogen and oxygen atoms in total. The monoisotopic (exact) mass is 602 g/mol. The average molecular weight is 604 g/mol. The van der Waals surface area contributed by atoms with Crippen molar-refractivity contribution in [1.82, 2.24) is 19.9 Å². The number of fused-ring (bicyclic) bond motifs is 8. The largest absolute Gasteiger partial charge is 0.354 e. The van der Waals surface area contributed by atoms with E-state index >= 15 is 0 Å². The molecule has 6 heteroatoms. The van der Waals surface area contributed by atoms with Crippen LogP contribution in [0.1, 0.15) is 126 Å². The number of aromatic amines is 2. The van der Waals surface area contributed by atoms with Crippen LogP contribution in [-0.4, -0.2) is 19.9 Å². The molecule has 2 aliphatic heterocycles. The normalized spacial score (nSPS) is 13.6. The highest BCUT2D eigenvalue weighted by Crippen LogP contribution is 2.45. The van der Waals surface area contributed by atoms with Gasteiger partial charge in [0.2, 0.25) is 0 Å². The van der Waals surface area contributed by atoms with Crippen molar-refractivity contribution in [2.75, 3.05) is 0 Å². The lowest BCUT2D eigenvalue weighted by atomic mass is 9.93. The third kappa shape index (κ3) is 4.75. The number of hydrogen-bond acceptors (Lipinski definition) is 2. The van der Waals surface area contributed by atoms with Gasteiger partial charge in [-0.15, -0.1) is 0 Å².